The summed E-state index contributed by atoms with van der Waals surface area (Å²) in [6.07, 6.45) is -0.244. The van der Waals surface area contributed by atoms with Gasteiger partial charge in [-0.2, -0.15) is 0 Å². The van der Waals surface area contributed by atoms with Gasteiger partial charge < -0.3 is 9.47 Å². The van der Waals surface area contributed by atoms with Crippen molar-refractivity contribution in [1.82, 2.24) is 0 Å². The van der Waals surface area contributed by atoms with E-state index in [1.54, 1.807) is 0 Å². The van der Waals surface area contributed by atoms with Crippen molar-refractivity contribution in [3.05, 3.63) is 35.4 Å². The van der Waals surface area contributed by atoms with Gasteiger partial charge in [0.15, 0.2) is 6.29 Å². The Hall–Kier alpha value is -0.860. The first-order chi connectivity index (χ1) is 7.30. The second-order valence-corrected chi connectivity index (χ2v) is 5.78. The first kappa shape index (κ1) is 11.6. The molecule has 0 amide bonds. The highest BCUT2D eigenvalue weighted by Crippen LogP contribution is 2.44. The van der Waals surface area contributed by atoms with Gasteiger partial charge in [-0.3, -0.25) is 0 Å². The van der Waals surface area contributed by atoms with Gasteiger partial charge in [-0.25, -0.2) is 0 Å². The Labute approximate surface area is 97.6 Å². The second kappa shape index (κ2) is 3.57. The number of hydrogen-bond acceptors (Lipinski definition) is 2. The van der Waals surface area contributed by atoms with Gasteiger partial charge in [-0.05, 0) is 40.2 Å². The van der Waals surface area contributed by atoms with Crippen LogP contribution in [0.1, 0.15) is 52.0 Å². The summed E-state index contributed by atoms with van der Waals surface area (Å²) in [5.74, 6) is 0. The van der Waals surface area contributed by atoms with Gasteiger partial charge in [0.25, 0.3) is 0 Å². The standard InChI is InChI=1S/C14H20O2/c1-13(2,3)15-12-10-8-6-7-9-11(10)14(4,5)16-12/h6-9,12H,1-5H3. The van der Waals surface area contributed by atoms with E-state index in [1.807, 2.05) is 32.9 Å². The first-order valence-corrected chi connectivity index (χ1v) is 5.75. The maximum Gasteiger partial charge on any atom is 0.185 e. The van der Waals surface area contributed by atoms with Gasteiger partial charge in [-0.1, -0.05) is 24.3 Å². The van der Waals surface area contributed by atoms with E-state index >= 15 is 0 Å². The summed E-state index contributed by atoms with van der Waals surface area (Å²) in [5.41, 5.74) is 1.93. The third kappa shape index (κ3) is 2.13. The van der Waals surface area contributed by atoms with Crippen LogP contribution in [-0.2, 0) is 15.1 Å². The fourth-order valence-electron chi connectivity index (χ4n) is 2.05. The van der Waals surface area contributed by atoms with Crippen molar-refractivity contribution in [2.45, 2.75) is 52.1 Å². The Morgan fingerprint density at radius 1 is 1.19 bits per heavy atom. The summed E-state index contributed by atoms with van der Waals surface area (Å²) in [4.78, 5) is 0. The number of hydrogen-bond donors (Lipinski definition) is 0. The van der Waals surface area contributed by atoms with E-state index in [-0.39, 0.29) is 17.5 Å². The monoisotopic (exact) mass is 220 g/mol. The molecule has 1 aromatic rings. The molecule has 0 N–H and O–H groups in total. The summed E-state index contributed by atoms with van der Waals surface area (Å²) in [5, 5.41) is 0. The van der Waals surface area contributed by atoms with E-state index in [1.165, 1.54) is 5.56 Å². The fourth-order valence-corrected chi connectivity index (χ4v) is 2.05. The van der Waals surface area contributed by atoms with Crippen LogP contribution in [0.4, 0.5) is 0 Å². The normalized spacial score (nSPS) is 23.2. The van der Waals surface area contributed by atoms with Crippen molar-refractivity contribution < 1.29 is 9.47 Å². The van der Waals surface area contributed by atoms with E-state index in [9.17, 15) is 0 Å². The maximum atomic E-state index is 5.97. The molecule has 1 aliphatic heterocycles. The summed E-state index contributed by atoms with van der Waals surface area (Å²) < 4.78 is 11.9. The van der Waals surface area contributed by atoms with E-state index in [0.717, 1.165) is 5.56 Å². The van der Waals surface area contributed by atoms with Crippen LogP contribution < -0.4 is 0 Å². The van der Waals surface area contributed by atoms with Gasteiger partial charge in [-0.15, -0.1) is 0 Å². The molecule has 0 aromatic heterocycles. The van der Waals surface area contributed by atoms with Crippen LogP contribution in [0.3, 0.4) is 0 Å². The lowest BCUT2D eigenvalue weighted by atomic mass is 9.96. The Kier molecular flexibility index (Phi) is 2.59. The molecule has 0 bridgehead atoms. The molecule has 0 aliphatic carbocycles. The molecular formula is C14H20O2. The molecule has 2 rings (SSSR count). The molecule has 0 fully saturated rings. The Balaban J connectivity index is 2.34. The minimum Gasteiger partial charge on any atom is -0.343 e. The van der Waals surface area contributed by atoms with Crippen LogP contribution in [0.25, 0.3) is 0 Å². The maximum absolute atomic E-state index is 5.97. The minimum absolute atomic E-state index is 0.196. The van der Waals surface area contributed by atoms with Gasteiger partial charge in [0, 0.05) is 5.56 Å². The van der Waals surface area contributed by atoms with E-state index in [0.29, 0.717) is 0 Å². The predicted octanol–water partition coefficient (Wildman–Crippen LogP) is 3.77. The fraction of sp³-hybridized carbons (Fsp3) is 0.571. The average molecular weight is 220 g/mol. The molecule has 0 saturated carbocycles. The third-order valence-electron chi connectivity index (χ3n) is 2.73. The molecule has 1 unspecified atom stereocenters. The zero-order valence-corrected chi connectivity index (χ0v) is 10.7. The van der Waals surface area contributed by atoms with Gasteiger partial charge in [0.05, 0.1) is 11.2 Å². The zero-order valence-electron chi connectivity index (χ0n) is 10.7. The molecule has 1 atom stereocenters. The van der Waals surface area contributed by atoms with Crippen molar-refractivity contribution in [2.24, 2.45) is 0 Å². The molecule has 88 valence electrons. The minimum atomic E-state index is -0.257. The highest BCUT2D eigenvalue weighted by molar-refractivity contribution is 5.36. The van der Waals surface area contributed by atoms with Crippen LogP contribution in [0.15, 0.2) is 24.3 Å². The Morgan fingerprint density at radius 2 is 1.81 bits per heavy atom. The van der Waals surface area contributed by atoms with Gasteiger partial charge >= 0.3 is 0 Å². The Bertz CT molecular complexity index is 386. The lowest BCUT2D eigenvalue weighted by molar-refractivity contribution is -0.229. The Morgan fingerprint density at radius 3 is 2.44 bits per heavy atom. The first-order valence-electron chi connectivity index (χ1n) is 5.75. The molecule has 0 radical (unpaired) electrons. The molecule has 1 heterocycles. The summed E-state index contributed by atoms with van der Waals surface area (Å²) >= 11 is 0. The number of rotatable bonds is 1. The van der Waals surface area contributed by atoms with Gasteiger partial charge in [0.2, 0.25) is 0 Å². The number of ether oxygens (including phenoxy) is 2. The van der Waals surface area contributed by atoms with Gasteiger partial charge in [0.1, 0.15) is 0 Å². The largest absolute Gasteiger partial charge is 0.343 e. The summed E-state index contributed by atoms with van der Waals surface area (Å²) in [6.45, 7) is 10.3. The molecular weight excluding hydrogens is 200 g/mol. The molecule has 1 aromatic carbocycles. The topological polar surface area (TPSA) is 18.5 Å². The predicted molar refractivity (Wildman–Crippen MR) is 64.1 cm³/mol. The van der Waals surface area contributed by atoms with Crippen molar-refractivity contribution in [3.63, 3.8) is 0 Å². The number of benzene rings is 1. The quantitative estimate of drug-likeness (QED) is 0.717. The summed E-state index contributed by atoms with van der Waals surface area (Å²) in [6, 6.07) is 8.27. The number of fused-ring (bicyclic) bond motifs is 1. The lowest BCUT2D eigenvalue weighted by Gasteiger charge is -2.26. The van der Waals surface area contributed by atoms with Crippen molar-refractivity contribution in [3.8, 4) is 0 Å². The van der Waals surface area contributed by atoms with E-state index in [2.05, 4.69) is 26.0 Å². The molecule has 2 heteroatoms. The van der Waals surface area contributed by atoms with Crippen LogP contribution in [-0.4, -0.2) is 5.60 Å². The second-order valence-electron chi connectivity index (χ2n) is 5.78. The molecule has 2 nitrogen and oxygen atoms in total. The third-order valence-corrected chi connectivity index (χ3v) is 2.73. The average Bonchev–Trinajstić information content (AvgIpc) is 2.37. The summed E-state index contributed by atoms with van der Waals surface area (Å²) in [7, 11) is 0. The van der Waals surface area contributed by atoms with Crippen molar-refractivity contribution in [2.75, 3.05) is 0 Å². The zero-order chi connectivity index (χ0) is 12.0. The molecule has 0 spiro atoms. The van der Waals surface area contributed by atoms with E-state index < -0.39 is 0 Å². The highest BCUT2D eigenvalue weighted by Gasteiger charge is 2.39. The molecule has 16 heavy (non-hydrogen) atoms. The lowest BCUT2D eigenvalue weighted by Crippen LogP contribution is -2.24. The van der Waals surface area contributed by atoms with Crippen molar-refractivity contribution in [1.29, 1.82) is 0 Å². The SMILES string of the molecule is CC(C)(C)OC1OC(C)(C)c2ccccc21. The smallest absolute Gasteiger partial charge is 0.185 e. The van der Waals surface area contributed by atoms with E-state index in [4.69, 9.17) is 9.47 Å². The van der Waals surface area contributed by atoms with Crippen LogP contribution in [0.5, 0.6) is 0 Å². The van der Waals surface area contributed by atoms with Crippen LogP contribution in [0, 0.1) is 0 Å². The highest BCUT2D eigenvalue weighted by atomic mass is 16.7. The van der Waals surface area contributed by atoms with Crippen LogP contribution in [0.2, 0.25) is 0 Å². The van der Waals surface area contributed by atoms with Crippen molar-refractivity contribution >= 4 is 0 Å². The van der Waals surface area contributed by atoms with Crippen LogP contribution >= 0.6 is 0 Å². The molecule has 0 saturated heterocycles. The molecule has 1 aliphatic rings.